The molecule has 2 rings (SSSR count). The smallest absolute Gasteiger partial charge is 0.0471 e. The van der Waals surface area contributed by atoms with Gasteiger partial charge in [-0.05, 0) is 32.9 Å². The lowest BCUT2D eigenvalue weighted by Crippen LogP contribution is -2.37. The van der Waals surface area contributed by atoms with E-state index in [1.165, 1.54) is 22.8 Å². The summed E-state index contributed by atoms with van der Waals surface area (Å²) in [5.41, 5.74) is 2.63. The van der Waals surface area contributed by atoms with Crippen molar-refractivity contribution in [2.24, 2.45) is 0 Å². The number of nitrogens with one attached hydrogen (secondary N) is 1. The fraction of sp³-hybridized carbons (Fsp3) is 0.600. The van der Waals surface area contributed by atoms with E-state index in [-0.39, 0.29) is 5.54 Å². The average Bonchev–Trinajstić information content (AvgIpc) is 2.37. The Bertz CT molecular complexity index is 423. The van der Waals surface area contributed by atoms with Crippen molar-refractivity contribution in [3.63, 3.8) is 0 Å². The van der Waals surface area contributed by atoms with Crippen LogP contribution >= 0.6 is 23.4 Å². The van der Waals surface area contributed by atoms with Gasteiger partial charge in [-0.1, -0.05) is 17.7 Å². The Balaban J connectivity index is 2.20. The van der Waals surface area contributed by atoms with Crippen LogP contribution in [-0.2, 0) is 6.54 Å². The molecule has 0 saturated carbocycles. The van der Waals surface area contributed by atoms with Crippen LogP contribution in [0.5, 0.6) is 0 Å². The van der Waals surface area contributed by atoms with E-state index in [9.17, 15) is 0 Å². The first-order valence-electron chi connectivity index (χ1n) is 6.82. The molecule has 4 heteroatoms. The molecular weight excluding hydrogens is 276 g/mol. The van der Waals surface area contributed by atoms with Gasteiger partial charge in [0.2, 0.25) is 0 Å². The summed E-state index contributed by atoms with van der Waals surface area (Å²) in [5.74, 6) is 2.41. The van der Waals surface area contributed by atoms with Crippen LogP contribution in [0, 0.1) is 0 Å². The lowest BCUT2D eigenvalue weighted by molar-refractivity contribution is 0.424. The summed E-state index contributed by atoms with van der Waals surface area (Å²) in [6.45, 7) is 9.60. The highest BCUT2D eigenvalue weighted by Crippen LogP contribution is 2.29. The number of thioether (sulfide) groups is 1. The molecule has 0 aromatic heterocycles. The minimum atomic E-state index is 0.105. The van der Waals surface area contributed by atoms with E-state index in [0.717, 1.165) is 24.7 Å². The van der Waals surface area contributed by atoms with Gasteiger partial charge in [0.25, 0.3) is 0 Å². The molecule has 0 amide bonds. The van der Waals surface area contributed by atoms with E-state index in [1.54, 1.807) is 0 Å². The highest BCUT2D eigenvalue weighted by molar-refractivity contribution is 7.99. The number of hydrogen-bond donors (Lipinski definition) is 1. The van der Waals surface area contributed by atoms with Gasteiger partial charge in [-0.15, -0.1) is 0 Å². The van der Waals surface area contributed by atoms with Crippen molar-refractivity contribution < 1.29 is 0 Å². The molecule has 0 atom stereocenters. The zero-order valence-electron chi connectivity index (χ0n) is 12.0. The topological polar surface area (TPSA) is 15.3 Å². The Kier molecular flexibility index (Phi) is 5.04. The molecule has 2 nitrogen and oxygen atoms in total. The monoisotopic (exact) mass is 298 g/mol. The second kappa shape index (κ2) is 6.38. The van der Waals surface area contributed by atoms with Gasteiger partial charge in [0.1, 0.15) is 0 Å². The fourth-order valence-electron chi connectivity index (χ4n) is 2.18. The molecule has 1 fully saturated rings. The van der Waals surface area contributed by atoms with E-state index >= 15 is 0 Å². The second-order valence-electron chi connectivity index (χ2n) is 5.94. The lowest BCUT2D eigenvalue weighted by Gasteiger charge is -2.31. The molecule has 1 aliphatic rings. The van der Waals surface area contributed by atoms with Crippen LogP contribution in [-0.4, -0.2) is 30.1 Å². The van der Waals surface area contributed by atoms with E-state index in [0.29, 0.717) is 0 Å². The van der Waals surface area contributed by atoms with Crippen LogP contribution in [0.4, 0.5) is 5.69 Å². The molecule has 0 aliphatic carbocycles. The standard InChI is InChI=1S/C15H23ClN2S/c1-15(2,3)17-11-12-13(16)5-4-6-14(12)18-7-9-19-10-8-18/h4-6,17H,7-11H2,1-3H3. The van der Waals surface area contributed by atoms with E-state index in [4.69, 9.17) is 11.6 Å². The van der Waals surface area contributed by atoms with Gasteiger partial charge in [0.05, 0.1) is 0 Å². The van der Waals surface area contributed by atoms with Gasteiger partial charge in [0.15, 0.2) is 0 Å². The van der Waals surface area contributed by atoms with Crippen LogP contribution in [0.1, 0.15) is 26.3 Å². The number of benzene rings is 1. The molecule has 0 bridgehead atoms. The van der Waals surface area contributed by atoms with Crippen molar-refractivity contribution in [1.29, 1.82) is 0 Å². The third kappa shape index (κ3) is 4.30. The SMILES string of the molecule is CC(C)(C)NCc1c(Cl)cccc1N1CCSCC1. The van der Waals surface area contributed by atoms with E-state index < -0.39 is 0 Å². The third-order valence-corrected chi connectivity index (χ3v) is 4.54. The normalized spacial score (nSPS) is 16.7. The van der Waals surface area contributed by atoms with Crippen LogP contribution in [0.2, 0.25) is 5.02 Å². The number of hydrogen-bond acceptors (Lipinski definition) is 3. The minimum Gasteiger partial charge on any atom is -0.370 e. The molecule has 1 aromatic carbocycles. The third-order valence-electron chi connectivity index (χ3n) is 3.24. The predicted octanol–water partition coefficient (Wildman–Crippen LogP) is 3.78. The van der Waals surface area contributed by atoms with Crippen molar-refractivity contribution in [3.05, 3.63) is 28.8 Å². The zero-order chi connectivity index (χ0) is 13.9. The summed E-state index contributed by atoms with van der Waals surface area (Å²) >= 11 is 8.44. The largest absolute Gasteiger partial charge is 0.370 e. The van der Waals surface area contributed by atoms with Crippen molar-refractivity contribution in [2.75, 3.05) is 29.5 Å². The van der Waals surface area contributed by atoms with Gasteiger partial charge < -0.3 is 10.2 Å². The number of anilines is 1. The Morgan fingerprint density at radius 2 is 1.95 bits per heavy atom. The molecular formula is C15H23ClN2S. The molecule has 0 radical (unpaired) electrons. The molecule has 19 heavy (non-hydrogen) atoms. The Morgan fingerprint density at radius 3 is 2.58 bits per heavy atom. The quantitative estimate of drug-likeness (QED) is 0.914. The molecule has 1 saturated heterocycles. The summed E-state index contributed by atoms with van der Waals surface area (Å²) < 4.78 is 0. The lowest BCUT2D eigenvalue weighted by atomic mass is 10.1. The Hall–Kier alpha value is -0.380. The van der Waals surface area contributed by atoms with Crippen LogP contribution < -0.4 is 10.2 Å². The van der Waals surface area contributed by atoms with E-state index in [2.05, 4.69) is 43.1 Å². The van der Waals surface area contributed by atoms with Crippen molar-refractivity contribution >= 4 is 29.1 Å². The molecule has 1 heterocycles. The molecule has 1 aliphatic heterocycles. The van der Waals surface area contributed by atoms with Crippen molar-refractivity contribution in [3.8, 4) is 0 Å². The summed E-state index contributed by atoms with van der Waals surface area (Å²) in [4.78, 5) is 2.46. The first-order chi connectivity index (χ1) is 8.97. The molecule has 1 N–H and O–H groups in total. The van der Waals surface area contributed by atoms with Gasteiger partial charge in [0, 0.05) is 53.0 Å². The Labute approximate surface area is 125 Å². The van der Waals surface area contributed by atoms with Crippen LogP contribution in [0.3, 0.4) is 0 Å². The highest BCUT2D eigenvalue weighted by Gasteiger charge is 2.18. The molecule has 1 aromatic rings. The fourth-order valence-corrected chi connectivity index (χ4v) is 3.32. The highest BCUT2D eigenvalue weighted by atomic mass is 35.5. The first kappa shape index (κ1) is 15.0. The first-order valence-corrected chi connectivity index (χ1v) is 8.36. The Morgan fingerprint density at radius 1 is 1.26 bits per heavy atom. The summed E-state index contributed by atoms with van der Waals surface area (Å²) in [7, 11) is 0. The van der Waals surface area contributed by atoms with Crippen LogP contribution in [0.15, 0.2) is 18.2 Å². The minimum absolute atomic E-state index is 0.105. The molecule has 0 spiro atoms. The van der Waals surface area contributed by atoms with Crippen molar-refractivity contribution in [2.45, 2.75) is 32.9 Å². The number of rotatable bonds is 3. The van der Waals surface area contributed by atoms with Gasteiger partial charge in [-0.2, -0.15) is 11.8 Å². The molecule has 0 unspecified atom stereocenters. The number of nitrogens with zero attached hydrogens (tertiary/aromatic N) is 1. The van der Waals surface area contributed by atoms with Gasteiger partial charge >= 0.3 is 0 Å². The molecule has 106 valence electrons. The summed E-state index contributed by atoms with van der Waals surface area (Å²) in [6.07, 6.45) is 0. The summed E-state index contributed by atoms with van der Waals surface area (Å²) in [6, 6.07) is 6.24. The maximum Gasteiger partial charge on any atom is 0.0471 e. The van der Waals surface area contributed by atoms with Crippen LogP contribution in [0.25, 0.3) is 0 Å². The average molecular weight is 299 g/mol. The second-order valence-corrected chi connectivity index (χ2v) is 7.57. The van der Waals surface area contributed by atoms with E-state index in [1.807, 2.05) is 17.8 Å². The maximum absolute atomic E-state index is 6.41. The predicted molar refractivity (Wildman–Crippen MR) is 87.6 cm³/mol. The van der Waals surface area contributed by atoms with Gasteiger partial charge in [-0.3, -0.25) is 0 Å². The summed E-state index contributed by atoms with van der Waals surface area (Å²) in [5, 5.41) is 4.41. The van der Waals surface area contributed by atoms with Crippen molar-refractivity contribution in [1.82, 2.24) is 5.32 Å². The maximum atomic E-state index is 6.41. The zero-order valence-corrected chi connectivity index (χ0v) is 13.6. The van der Waals surface area contributed by atoms with Gasteiger partial charge in [-0.25, -0.2) is 0 Å². The number of halogens is 1.